The lowest BCUT2D eigenvalue weighted by Crippen LogP contribution is -2.34. The van der Waals surface area contributed by atoms with Crippen LogP contribution < -0.4 is 5.32 Å². The van der Waals surface area contributed by atoms with Gasteiger partial charge in [0.05, 0.1) is 6.04 Å². The number of halogens is 2. The van der Waals surface area contributed by atoms with Crippen LogP contribution in [0.5, 0.6) is 0 Å². The van der Waals surface area contributed by atoms with Gasteiger partial charge in [0.1, 0.15) is 5.82 Å². The molecule has 5 heteroatoms. The molecule has 3 nitrogen and oxygen atoms in total. The summed E-state index contributed by atoms with van der Waals surface area (Å²) in [4.78, 5) is 14.3. The maximum Gasteiger partial charge on any atom is 0.322 e. The average Bonchev–Trinajstić information content (AvgIpc) is 2.97. The number of amides is 2. The highest BCUT2D eigenvalue weighted by atomic mass is 79.9. The minimum atomic E-state index is -0.358. The average molecular weight is 363 g/mol. The quantitative estimate of drug-likeness (QED) is 0.804. The van der Waals surface area contributed by atoms with Crippen LogP contribution in [0.25, 0.3) is 0 Å². The van der Waals surface area contributed by atoms with Crippen molar-refractivity contribution in [2.24, 2.45) is 0 Å². The van der Waals surface area contributed by atoms with Crippen molar-refractivity contribution >= 4 is 27.6 Å². The Morgan fingerprint density at radius 1 is 1.23 bits per heavy atom. The molecule has 1 fully saturated rings. The third-order valence-corrected chi connectivity index (χ3v) is 4.37. The fraction of sp³-hybridized carbons (Fsp3) is 0.235. The first-order valence-electron chi connectivity index (χ1n) is 7.22. The molecular formula is C17H16BrFN2O. The standard InChI is InChI=1S/C17H16BrFN2O/c18-13-8-6-12(7-9-13)16-5-2-10-21(16)17(22)20-15-4-1-3-14(19)11-15/h1,3-4,6-9,11,16H,2,5,10H2,(H,20,22). The number of urea groups is 1. The van der Waals surface area contributed by atoms with E-state index in [1.54, 1.807) is 12.1 Å². The molecule has 2 aromatic rings. The number of hydrogen-bond acceptors (Lipinski definition) is 1. The Kier molecular flexibility index (Phi) is 4.43. The van der Waals surface area contributed by atoms with Gasteiger partial charge in [0.25, 0.3) is 0 Å². The maximum absolute atomic E-state index is 13.2. The number of carbonyl (C=O) groups is 1. The van der Waals surface area contributed by atoms with E-state index in [0.29, 0.717) is 12.2 Å². The highest BCUT2D eigenvalue weighted by Gasteiger charge is 2.29. The predicted molar refractivity (Wildman–Crippen MR) is 88.2 cm³/mol. The zero-order valence-electron chi connectivity index (χ0n) is 11.9. The van der Waals surface area contributed by atoms with Crippen molar-refractivity contribution in [2.75, 3.05) is 11.9 Å². The first kappa shape index (κ1) is 15.0. The fourth-order valence-corrected chi connectivity index (χ4v) is 3.07. The SMILES string of the molecule is O=C(Nc1cccc(F)c1)N1CCCC1c1ccc(Br)cc1. The van der Waals surface area contributed by atoms with E-state index in [-0.39, 0.29) is 17.9 Å². The summed E-state index contributed by atoms with van der Waals surface area (Å²) in [6.07, 6.45) is 1.91. The summed E-state index contributed by atoms with van der Waals surface area (Å²) in [5.74, 6) is -0.358. The lowest BCUT2D eigenvalue weighted by Gasteiger charge is -2.25. The monoisotopic (exact) mass is 362 g/mol. The van der Waals surface area contributed by atoms with Crippen LogP contribution in [0.4, 0.5) is 14.9 Å². The molecule has 1 atom stereocenters. The van der Waals surface area contributed by atoms with E-state index in [1.165, 1.54) is 12.1 Å². The molecular weight excluding hydrogens is 347 g/mol. The van der Waals surface area contributed by atoms with Gasteiger partial charge in [0, 0.05) is 16.7 Å². The van der Waals surface area contributed by atoms with Crippen molar-refractivity contribution < 1.29 is 9.18 Å². The van der Waals surface area contributed by atoms with Crippen molar-refractivity contribution in [3.63, 3.8) is 0 Å². The van der Waals surface area contributed by atoms with Crippen LogP contribution in [0.15, 0.2) is 53.0 Å². The number of likely N-dealkylation sites (tertiary alicyclic amines) is 1. The summed E-state index contributed by atoms with van der Waals surface area (Å²) in [7, 11) is 0. The van der Waals surface area contributed by atoms with Gasteiger partial charge in [0.15, 0.2) is 0 Å². The first-order valence-corrected chi connectivity index (χ1v) is 8.01. The van der Waals surface area contributed by atoms with Gasteiger partial charge in [0.2, 0.25) is 0 Å². The second-order valence-corrected chi connectivity index (χ2v) is 6.26. The number of carbonyl (C=O) groups excluding carboxylic acids is 1. The van der Waals surface area contributed by atoms with Gasteiger partial charge < -0.3 is 10.2 Å². The Balaban J connectivity index is 1.75. The molecule has 0 aromatic heterocycles. The van der Waals surface area contributed by atoms with E-state index in [0.717, 1.165) is 22.9 Å². The van der Waals surface area contributed by atoms with Crippen LogP contribution in [-0.2, 0) is 0 Å². The van der Waals surface area contributed by atoms with Crippen LogP contribution in [0, 0.1) is 5.82 Å². The van der Waals surface area contributed by atoms with Gasteiger partial charge in [-0.25, -0.2) is 9.18 Å². The Hall–Kier alpha value is -1.88. The van der Waals surface area contributed by atoms with Crippen molar-refractivity contribution in [3.8, 4) is 0 Å². The van der Waals surface area contributed by atoms with Gasteiger partial charge in [-0.2, -0.15) is 0 Å². The fourth-order valence-electron chi connectivity index (χ4n) is 2.80. The lowest BCUT2D eigenvalue weighted by molar-refractivity contribution is 0.207. The molecule has 1 aliphatic heterocycles. The first-order chi connectivity index (χ1) is 10.6. The van der Waals surface area contributed by atoms with E-state index in [1.807, 2.05) is 29.2 Å². The summed E-state index contributed by atoms with van der Waals surface area (Å²) in [5.41, 5.74) is 1.60. The molecule has 0 bridgehead atoms. The van der Waals surface area contributed by atoms with Gasteiger partial charge in [-0.3, -0.25) is 0 Å². The number of hydrogen-bond donors (Lipinski definition) is 1. The molecule has 3 rings (SSSR count). The second kappa shape index (κ2) is 6.48. The van der Waals surface area contributed by atoms with E-state index >= 15 is 0 Å². The smallest absolute Gasteiger partial charge is 0.317 e. The molecule has 1 aliphatic rings. The summed E-state index contributed by atoms with van der Waals surface area (Å²) < 4.78 is 14.2. The summed E-state index contributed by atoms with van der Waals surface area (Å²) >= 11 is 3.42. The Morgan fingerprint density at radius 3 is 2.73 bits per heavy atom. The molecule has 114 valence electrons. The van der Waals surface area contributed by atoms with Crippen molar-refractivity contribution in [1.29, 1.82) is 0 Å². The largest absolute Gasteiger partial charge is 0.322 e. The zero-order valence-corrected chi connectivity index (χ0v) is 13.5. The van der Waals surface area contributed by atoms with Crippen molar-refractivity contribution in [1.82, 2.24) is 4.90 Å². The van der Waals surface area contributed by atoms with Crippen LogP contribution in [0.3, 0.4) is 0 Å². The van der Waals surface area contributed by atoms with Gasteiger partial charge >= 0.3 is 6.03 Å². The Morgan fingerprint density at radius 2 is 2.00 bits per heavy atom. The van der Waals surface area contributed by atoms with Crippen LogP contribution >= 0.6 is 15.9 Å². The molecule has 0 aliphatic carbocycles. The van der Waals surface area contributed by atoms with Gasteiger partial charge in [-0.1, -0.05) is 34.1 Å². The van der Waals surface area contributed by atoms with E-state index in [4.69, 9.17) is 0 Å². The molecule has 2 amide bonds. The normalized spacial score (nSPS) is 17.5. The second-order valence-electron chi connectivity index (χ2n) is 5.34. The topological polar surface area (TPSA) is 32.3 Å². The minimum absolute atomic E-state index is 0.0710. The summed E-state index contributed by atoms with van der Waals surface area (Å²) in [5, 5.41) is 2.77. The Labute approximate surface area is 137 Å². The Bertz CT molecular complexity index is 675. The highest BCUT2D eigenvalue weighted by Crippen LogP contribution is 2.33. The zero-order chi connectivity index (χ0) is 15.5. The molecule has 22 heavy (non-hydrogen) atoms. The van der Waals surface area contributed by atoms with Crippen LogP contribution in [-0.4, -0.2) is 17.5 Å². The summed E-state index contributed by atoms with van der Waals surface area (Å²) in [6.45, 7) is 0.710. The molecule has 2 aromatic carbocycles. The molecule has 1 N–H and O–H groups in total. The number of benzene rings is 2. The summed E-state index contributed by atoms with van der Waals surface area (Å²) in [6, 6.07) is 13.9. The number of rotatable bonds is 2. The van der Waals surface area contributed by atoms with Crippen LogP contribution in [0.2, 0.25) is 0 Å². The van der Waals surface area contributed by atoms with Crippen molar-refractivity contribution in [2.45, 2.75) is 18.9 Å². The lowest BCUT2D eigenvalue weighted by atomic mass is 10.1. The third-order valence-electron chi connectivity index (χ3n) is 3.84. The molecule has 1 saturated heterocycles. The van der Waals surface area contributed by atoms with Gasteiger partial charge in [-0.05, 0) is 48.7 Å². The van der Waals surface area contributed by atoms with Gasteiger partial charge in [-0.15, -0.1) is 0 Å². The third kappa shape index (κ3) is 3.30. The highest BCUT2D eigenvalue weighted by molar-refractivity contribution is 9.10. The molecule has 1 unspecified atom stereocenters. The predicted octanol–water partition coefficient (Wildman–Crippen LogP) is 4.96. The molecule has 0 saturated carbocycles. The molecule has 0 spiro atoms. The van der Waals surface area contributed by atoms with E-state index in [9.17, 15) is 9.18 Å². The van der Waals surface area contributed by atoms with E-state index < -0.39 is 0 Å². The van der Waals surface area contributed by atoms with Crippen LogP contribution in [0.1, 0.15) is 24.4 Å². The maximum atomic E-state index is 13.2. The number of nitrogens with zero attached hydrogens (tertiary/aromatic N) is 1. The minimum Gasteiger partial charge on any atom is -0.317 e. The molecule has 0 radical (unpaired) electrons. The number of nitrogens with one attached hydrogen (secondary N) is 1. The van der Waals surface area contributed by atoms with Crippen molar-refractivity contribution in [3.05, 3.63) is 64.4 Å². The number of anilines is 1. The van der Waals surface area contributed by atoms with E-state index in [2.05, 4.69) is 21.2 Å². The molecule has 1 heterocycles.